The normalized spacial score (nSPS) is 16.8. The number of benzene rings is 2. The Bertz CT molecular complexity index is 663. The van der Waals surface area contributed by atoms with Gasteiger partial charge in [0.05, 0.1) is 0 Å². The van der Waals surface area contributed by atoms with Crippen LogP contribution in [0.3, 0.4) is 0 Å². The maximum Gasteiger partial charge on any atom is 0.226 e. The maximum absolute atomic E-state index is 13.0. The Morgan fingerprint density at radius 3 is 2.21 bits per heavy atom. The molecule has 2 nitrogen and oxygen atoms in total. The average Bonchev–Trinajstić information content (AvgIpc) is 2.67. The fourth-order valence-corrected chi connectivity index (χ4v) is 3.26. The van der Waals surface area contributed by atoms with Crippen LogP contribution in [0.1, 0.15) is 30.4 Å². The first-order valence-corrected chi connectivity index (χ1v) is 8.84. The molecule has 1 unspecified atom stereocenters. The molecule has 0 fully saturated rings. The summed E-state index contributed by atoms with van der Waals surface area (Å²) in [4.78, 5) is 15.1. The highest BCUT2D eigenvalue weighted by Crippen LogP contribution is 2.22. The van der Waals surface area contributed by atoms with Gasteiger partial charge in [-0.25, -0.2) is 0 Å². The summed E-state index contributed by atoms with van der Waals surface area (Å²) < 4.78 is 0. The van der Waals surface area contributed by atoms with Crippen molar-refractivity contribution in [3.63, 3.8) is 0 Å². The Morgan fingerprint density at radius 2 is 1.58 bits per heavy atom. The number of carbonyl (C=O) groups is 1. The highest BCUT2D eigenvalue weighted by molar-refractivity contribution is 5.79. The van der Waals surface area contributed by atoms with Crippen molar-refractivity contribution in [1.82, 2.24) is 4.90 Å². The second-order valence-corrected chi connectivity index (χ2v) is 6.46. The Kier molecular flexibility index (Phi) is 5.84. The van der Waals surface area contributed by atoms with Crippen LogP contribution in [0.2, 0.25) is 0 Å². The lowest BCUT2D eigenvalue weighted by atomic mass is 9.92. The lowest BCUT2D eigenvalue weighted by Gasteiger charge is -2.28. The SMILES string of the molecule is O=C(C1CC=CCC1)N(CCc1ccccc1)Cc1ccccc1. The van der Waals surface area contributed by atoms with Gasteiger partial charge in [0.2, 0.25) is 5.91 Å². The van der Waals surface area contributed by atoms with E-state index in [1.165, 1.54) is 11.1 Å². The molecular formula is C22H25NO. The number of rotatable bonds is 6. The lowest BCUT2D eigenvalue weighted by molar-refractivity contribution is -0.136. The minimum absolute atomic E-state index is 0.148. The smallest absolute Gasteiger partial charge is 0.226 e. The van der Waals surface area contributed by atoms with Gasteiger partial charge in [-0.2, -0.15) is 0 Å². The van der Waals surface area contributed by atoms with Crippen LogP contribution in [-0.2, 0) is 17.8 Å². The molecule has 0 saturated carbocycles. The van der Waals surface area contributed by atoms with Crippen molar-refractivity contribution in [1.29, 1.82) is 0 Å². The van der Waals surface area contributed by atoms with E-state index in [9.17, 15) is 4.79 Å². The summed E-state index contributed by atoms with van der Waals surface area (Å²) in [5, 5.41) is 0. The van der Waals surface area contributed by atoms with E-state index >= 15 is 0 Å². The first-order chi connectivity index (χ1) is 11.8. The van der Waals surface area contributed by atoms with Crippen LogP contribution in [0.15, 0.2) is 72.8 Å². The van der Waals surface area contributed by atoms with Crippen molar-refractivity contribution in [3.05, 3.63) is 83.9 Å². The average molecular weight is 319 g/mol. The largest absolute Gasteiger partial charge is 0.338 e. The highest BCUT2D eigenvalue weighted by Gasteiger charge is 2.24. The molecule has 0 bridgehead atoms. The van der Waals surface area contributed by atoms with Gasteiger partial charge in [0.15, 0.2) is 0 Å². The summed E-state index contributed by atoms with van der Waals surface area (Å²) in [6, 6.07) is 20.7. The van der Waals surface area contributed by atoms with Gasteiger partial charge in [0, 0.05) is 19.0 Å². The second kappa shape index (κ2) is 8.49. The molecule has 1 atom stereocenters. The summed E-state index contributed by atoms with van der Waals surface area (Å²) >= 11 is 0. The van der Waals surface area contributed by atoms with E-state index in [0.717, 1.165) is 32.2 Å². The molecule has 0 heterocycles. The fraction of sp³-hybridized carbons (Fsp3) is 0.318. The molecule has 2 aromatic carbocycles. The van der Waals surface area contributed by atoms with E-state index in [1.54, 1.807) is 0 Å². The van der Waals surface area contributed by atoms with Crippen LogP contribution in [-0.4, -0.2) is 17.4 Å². The van der Waals surface area contributed by atoms with Crippen molar-refractivity contribution in [2.24, 2.45) is 5.92 Å². The van der Waals surface area contributed by atoms with E-state index in [1.807, 2.05) is 29.2 Å². The highest BCUT2D eigenvalue weighted by atomic mass is 16.2. The zero-order chi connectivity index (χ0) is 16.6. The van der Waals surface area contributed by atoms with Crippen molar-refractivity contribution < 1.29 is 4.79 Å². The molecule has 3 rings (SSSR count). The van der Waals surface area contributed by atoms with Gasteiger partial charge in [-0.1, -0.05) is 72.8 Å². The van der Waals surface area contributed by atoms with E-state index in [0.29, 0.717) is 12.5 Å². The second-order valence-electron chi connectivity index (χ2n) is 6.46. The van der Waals surface area contributed by atoms with Crippen LogP contribution in [0.5, 0.6) is 0 Å². The molecular weight excluding hydrogens is 294 g/mol. The quantitative estimate of drug-likeness (QED) is 0.712. The third kappa shape index (κ3) is 4.58. The molecule has 0 saturated heterocycles. The van der Waals surface area contributed by atoms with Gasteiger partial charge < -0.3 is 4.90 Å². The van der Waals surface area contributed by atoms with Crippen LogP contribution >= 0.6 is 0 Å². The predicted molar refractivity (Wildman–Crippen MR) is 98.5 cm³/mol. The summed E-state index contributed by atoms with van der Waals surface area (Å²) in [5.74, 6) is 0.452. The molecule has 1 aliphatic rings. The van der Waals surface area contributed by atoms with Crippen LogP contribution < -0.4 is 0 Å². The van der Waals surface area contributed by atoms with Gasteiger partial charge in [0.25, 0.3) is 0 Å². The number of nitrogens with zero attached hydrogens (tertiary/aromatic N) is 1. The molecule has 2 aromatic rings. The molecule has 24 heavy (non-hydrogen) atoms. The fourth-order valence-electron chi connectivity index (χ4n) is 3.26. The Hall–Kier alpha value is -2.35. The van der Waals surface area contributed by atoms with Gasteiger partial charge in [-0.15, -0.1) is 0 Å². The molecule has 124 valence electrons. The number of amides is 1. The maximum atomic E-state index is 13.0. The summed E-state index contributed by atoms with van der Waals surface area (Å²) in [7, 11) is 0. The molecule has 0 aliphatic heterocycles. The molecule has 0 aromatic heterocycles. The minimum Gasteiger partial charge on any atom is -0.338 e. The number of allylic oxidation sites excluding steroid dienone is 2. The monoisotopic (exact) mass is 319 g/mol. The number of hydrogen-bond acceptors (Lipinski definition) is 1. The standard InChI is InChI=1S/C22H25NO/c24-22(21-14-8-3-9-15-21)23(18-20-12-6-2-7-13-20)17-16-19-10-4-1-5-11-19/h1-8,10-13,21H,9,14-18H2. The first kappa shape index (κ1) is 16.5. The Labute approximate surface area is 144 Å². The van der Waals surface area contributed by atoms with Crippen molar-refractivity contribution >= 4 is 5.91 Å². The third-order valence-corrected chi connectivity index (χ3v) is 4.66. The summed E-state index contributed by atoms with van der Waals surface area (Å²) in [6.07, 6.45) is 8.14. The van der Waals surface area contributed by atoms with Gasteiger partial charge in [-0.05, 0) is 36.8 Å². The van der Waals surface area contributed by atoms with Gasteiger partial charge in [-0.3, -0.25) is 4.79 Å². The predicted octanol–water partition coefficient (Wildman–Crippen LogP) is 4.61. The topological polar surface area (TPSA) is 20.3 Å². The molecule has 0 spiro atoms. The van der Waals surface area contributed by atoms with Gasteiger partial charge in [0.1, 0.15) is 0 Å². The number of carbonyl (C=O) groups excluding carboxylic acids is 1. The van der Waals surface area contributed by atoms with E-state index in [-0.39, 0.29) is 5.92 Å². The zero-order valence-electron chi connectivity index (χ0n) is 14.1. The van der Waals surface area contributed by atoms with Crippen molar-refractivity contribution in [2.75, 3.05) is 6.54 Å². The third-order valence-electron chi connectivity index (χ3n) is 4.66. The summed E-state index contributed by atoms with van der Waals surface area (Å²) in [6.45, 7) is 1.48. The van der Waals surface area contributed by atoms with E-state index < -0.39 is 0 Å². The first-order valence-electron chi connectivity index (χ1n) is 8.84. The molecule has 0 N–H and O–H groups in total. The van der Waals surface area contributed by atoms with Crippen LogP contribution in [0.25, 0.3) is 0 Å². The molecule has 2 heteroatoms. The zero-order valence-corrected chi connectivity index (χ0v) is 14.1. The van der Waals surface area contributed by atoms with Crippen molar-refractivity contribution in [2.45, 2.75) is 32.2 Å². The minimum atomic E-state index is 0.148. The van der Waals surface area contributed by atoms with Gasteiger partial charge >= 0.3 is 0 Å². The van der Waals surface area contributed by atoms with E-state index in [4.69, 9.17) is 0 Å². The summed E-state index contributed by atoms with van der Waals surface area (Å²) in [5.41, 5.74) is 2.48. The van der Waals surface area contributed by atoms with Crippen LogP contribution in [0, 0.1) is 5.92 Å². The van der Waals surface area contributed by atoms with E-state index in [2.05, 4.69) is 48.6 Å². The van der Waals surface area contributed by atoms with Crippen LogP contribution in [0.4, 0.5) is 0 Å². The van der Waals surface area contributed by atoms with Crippen molar-refractivity contribution in [3.8, 4) is 0 Å². The Balaban J connectivity index is 1.69. The lowest BCUT2D eigenvalue weighted by Crippen LogP contribution is -2.37. The number of hydrogen-bond donors (Lipinski definition) is 0. The molecule has 1 amide bonds. The Morgan fingerprint density at radius 1 is 0.917 bits per heavy atom. The molecule has 0 radical (unpaired) electrons. The molecule has 1 aliphatic carbocycles.